The van der Waals surface area contributed by atoms with Crippen LogP contribution in [0.1, 0.15) is 10.4 Å². The normalized spacial score (nSPS) is 10.9. The van der Waals surface area contributed by atoms with Gasteiger partial charge in [0.15, 0.2) is 5.76 Å². The minimum absolute atomic E-state index is 0.185. The van der Waals surface area contributed by atoms with Crippen molar-refractivity contribution < 1.29 is 14.0 Å². The number of benzene rings is 2. The lowest BCUT2D eigenvalue weighted by Crippen LogP contribution is -2.43. The lowest BCUT2D eigenvalue weighted by molar-refractivity contribution is -0.122. The molecule has 0 aliphatic rings. The van der Waals surface area contributed by atoms with E-state index >= 15 is 0 Å². The smallest absolute Gasteiger partial charge is 0.270 e. The maximum atomic E-state index is 12.9. The van der Waals surface area contributed by atoms with Crippen molar-refractivity contribution in [2.75, 3.05) is 0 Å². The topological polar surface area (TPSA) is 119 Å². The molecule has 0 fully saturated rings. The summed E-state index contributed by atoms with van der Waals surface area (Å²) in [4.78, 5) is 42.0. The number of furan rings is 1. The van der Waals surface area contributed by atoms with E-state index in [4.69, 9.17) is 4.42 Å². The maximum absolute atomic E-state index is 12.9. The molecule has 0 spiro atoms. The highest BCUT2D eigenvalue weighted by Crippen LogP contribution is 2.25. The van der Waals surface area contributed by atoms with E-state index < -0.39 is 11.8 Å². The molecule has 5 aromatic rings. The number of carbonyl (C=O) groups is 2. The molecule has 33 heavy (non-hydrogen) atoms. The second kappa shape index (κ2) is 8.39. The van der Waals surface area contributed by atoms with Gasteiger partial charge in [0.1, 0.15) is 12.2 Å². The standard InChI is InChI=1S/C24H17N5O4/c30-21-13-25-29(20-9-4-2-7-16(20)21)14-23(31)27-28-24(32)17-12-19(22-10-5-11-33-22)26-18-8-3-1-6-15(17)18/h1-13H,14H2,(H,27,31)(H,28,32). The van der Waals surface area contributed by atoms with Crippen molar-refractivity contribution in [1.82, 2.24) is 25.6 Å². The number of amides is 2. The van der Waals surface area contributed by atoms with Crippen molar-refractivity contribution in [2.24, 2.45) is 0 Å². The number of fused-ring (bicyclic) bond motifs is 2. The monoisotopic (exact) mass is 439 g/mol. The molecule has 162 valence electrons. The Hall–Kier alpha value is -4.79. The SMILES string of the molecule is O=C(Cn1ncc(=O)c2ccccc21)NNC(=O)c1cc(-c2ccco2)nc2ccccc12. The summed E-state index contributed by atoms with van der Waals surface area (Å²) in [6.45, 7) is -0.185. The summed E-state index contributed by atoms with van der Waals surface area (Å²) >= 11 is 0. The zero-order valence-electron chi connectivity index (χ0n) is 17.2. The Bertz CT molecular complexity index is 1560. The van der Waals surface area contributed by atoms with E-state index in [1.165, 1.54) is 10.9 Å². The van der Waals surface area contributed by atoms with Crippen LogP contribution in [0.15, 0.2) is 88.4 Å². The van der Waals surface area contributed by atoms with E-state index in [2.05, 4.69) is 20.9 Å². The van der Waals surface area contributed by atoms with Crippen molar-refractivity contribution in [3.8, 4) is 11.5 Å². The zero-order chi connectivity index (χ0) is 22.8. The number of aromatic nitrogens is 3. The Morgan fingerprint density at radius 3 is 2.55 bits per heavy atom. The molecule has 9 heteroatoms. The summed E-state index contributed by atoms with van der Waals surface area (Å²) in [5, 5.41) is 5.11. The highest BCUT2D eigenvalue weighted by atomic mass is 16.3. The number of nitrogens with zero attached hydrogens (tertiary/aromatic N) is 3. The lowest BCUT2D eigenvalue weighted by Gasteiger charge is -2.12. The molecule has 2 N–H and O–H groups in total. The van der Waals surface area contributed by atoms with Crippen LogP contribution in [-0.4, -0.2) is 26.6 Å². The Morgan fingerprint density at radius 2 is 1.73 bits per heavy atom. The van der Waals surface area contributed by atoms with Crippen molar-refractivity contribution in [2.45, 2.75) is 6.54 Å². The largest absolute Gasteiger partial charge is 0.463 e. The van der Waals surface area contributed by atoms with Gasteiger partial charge in [0.25, 0.3) is 11.8 Å². The van der Waals surface area contributed by atoms with Crippen LogP contribution >= 0.6 is 0 Å². The second-order valence-corrected chi connectivity index (χ2v) is 7.24. The maximum Gasteiger partial charge on any atom is 0.270 e. The van der Waals surface area contributed by atoms with Gasteiger partial charge in [-0.2, -0.15) is 5.10 Å². The predicted octanol–water partition coefficient (Wildman–Crippen LogP) is 2.67. The first-order valence-electron chi connectivity index (χ1n) is 10.1. The molecule has 2 aromatic carbocycles. The molecule has 0 aliphatic heterocycles. The number of pyridine rings is 1. The fraction of sp³-hybridized carbons (Fsp3) is 0.0417. The van der Waals surface area contributed by atoms with Crippen LogP contribution in [0.25, 0.3) is 33.3 Å². The van der Waals surface area contributed by atoms with Gasteiger partial charge in [-0.15, -0.1) is 0 Å². The Morgan fingerprint density at radius 1 is 0.939 bits per heavy atom. The number of carbonyl (C=O) groups excluding carboxylic acids is 2. The molecule has 0 aliphatic carbocycles. The molecule has 3 heterocycles. The van der Waals surface area contributed by atoms with E-state index in [1.807, 2.05) is 6.07 Å². The first-order valence-corrected chi connectivity index (χ1v) is 10.1. The van der Waals surface area contributed by atoms with E-state index in [-0.39, 0.29) is 12.0 Å². The predicted molar refractivity (Wildman–Crippen MR) is 121 cm³/mol. The Balaban J connectivity index is 1.37. The molecule has 0 atom stereocenters. The van der Waals surface area contributed by atoms with Gasteiger partial charge >= 0.3 is 0 Å². The van der Waals surface area contributed by atoms with Crippen LogP contribution in [0.5, 0.6) is 0 Å². The number of rotatable bonds is 4. The van der Waals surface area contributed by atoms with Crippen LogP contribution in [0.2, 0.25) is 0 Å². The van der Waals surface area contributed by atoms with Crippen LogP contribution in [0.4, 0.5) is 0 Å². The number of hydrogen-bond donors (Lipinski definition) is 2. The molecule has 0 bridgehead atoms. The lowest BCUT2D eigenvalue weighted by atomic mass is 10.1. The van der Waals surface area contributed by atoms with Gasteiger partial charge in [-0.05, 0) is 36.4 Å². The molecule has 0 saturated carbocycles. The molecule has 9 nitrogen and oxygen atoms in total. The van der Waals surface area contributed by atoms with Gasteiger partial charge in [-0.3, -0.25) is 29.9 Å². The fourth-order valence-corrected chi connectivity index (χ4v) is 3.57. The summed E-state index contributed by atoms with van der Waals surface area (Å²) in [5.41, 5.74) is 6.59. The third-order valence-electron chi connectivity index (χ3n) is 5.11. The van der Waals surface area contributed by atoms with Crippen LogP contribution < -0.4 is 16.3 Å². The number of hydrogen-bond acceptors (Lipinski definition) is 6. The molecule has 0 saturated heterocycles. The molecular formula is C24H17N5O4. The van der Waals surface area contributed by atoms with Gasteiger partial charge in [0, 0.05) is 10.8 Å². The third-order valence-corrected chi connectivity index (χ3v) is 5.11. The first kappa shape index (κ1) is 20.1. The van der Waals surface area contributed by atoms with Gasteiger partial charge < -0.3 is 4.42 Å². The Kier molecular flexibility index (Phi) is 5.12. The van der Waals surface area contributed by atoms with Crippen LogP contribution in [0, 0.1) is 0 Å². The molecule has 2 amide bonds. The van der Waals surface area contributed by atoms with E-state index in [1.54, 1.807) is 60.7 Å². The van der Waals surface area contributed by atoms with Crippen LogP contribution in [0.3, 0.4) is 0 Å². The highest BCUT2D eigenvalue weighted by molar-refractivity contribution is 6.07. The average molecular weight is 439 g/mol. The Labute approximate surface area is 186 Å². The van der Waals surface area contributed by atoms with Gasteiger partial charge in [0.2, 0.25) is 5.43 Å². The summed E-state index contributed by atoms with van der Waals surface area (Å²) in [6.07, 6.45) is 2.69. The van der Waals surface area contributed by atoms with Gasteiger partial charge in [-0.1, -0.05) is 30.3 Å². The van der Waals surface area contributed by atoms with E-state index in [0.717, 1.165) is 6.20 Å². The van der Waals surface area contributed by atoms with Crippen molar-refractivity contribution in [1.29, 1.82) is 0 Å². The first-order chi connectivity index (χ1) is 16.1. The molecule has 5 rings (SSSR count). The second-order valence-electron chi connectivity index (χ2n) is 7.24. The molecule has 3 aromatic heterocycles. The van der Waals surface area contributed by atoms with Crippen LogP contribution in [-0.2, 0) is 11.3 Å². The van der Waals surface area contributed by atoms with Gasteiger partial charge in [0.05, 0.1) is 29.1 Å². The minimum atomic E-state index is -0.507. The third kappa shape index (κ3) is 3.94. The highest BCUT2D eigenvalue weighted by Gasteiger charge is 2.16. The molecule has 0 unspecified atom stereocenters. The molecular weight excluding hydrogens is 422 g/mol. The van der Waals surface area contributed by atoms with E-state index in [9.17, 15) is 14.4 Å². The quantitative estimate of drug-likeness (QED) is 0.416. The van der Waals surface area contributed by atoms with Crippen molar-refractivity contribution in [3.05, 3.63) is 95.0 Å². The molecule has 0 radical (unpaired) electrons. The summed E-state index contributed by atoms with van der Waals surface area (Å²) in [7, 11) is 0. The number of para-hydroxylation sites is 2. The minimum Gasteiger partial charge on any atom is -0.463 e. The van der Waals surface area contributed by atoms with Crippen molar-refractivity contribution >= 4 is 33.6 Å². The summed E-state index contributed by atoms with van der Waals surface area (Å²) in [5.74, 6) is -0.489. The summed E-state index contributed by atoms with van der Waals surface area (Å²) in [6, 6.07) is 19.2. The fourth-order valence-electron chi connectivity index (χ4n) is 3.57. The summed E-state index contributed by atoms with van der Waals surface area (Å²) < 4.78 is 6.81. The average Bonchev–Trinajstić information content (AvgIpc) is 3.39. The van der Waals surface area contributed by atoms with E-state index in [0.29, 0.717) is 38.8 Å². The number of hydrazine groups is 1. The number of nitrogens with one attached hydrogen (secondary N) is 2. The van der Waals surface area contributed by atoms with Crippen molar-refractivity contribution in [3.63, 3.8) is 0 Å². The zero-order valence-corrected chi connectivity index (χ0v) is 17.2. The van der Waals surface area contributed by atoms with Gasteiger partial charge in [-0.25, -0.2) is 4.98 Å².